The smallest absolute Gasteiger partial charge is 0.368 e. The summed E-state index contributed by atoms with van der Waals surface area (Å²) in [6.07, 6.45) is -0.836. The van der Waals surface area contributed by atoms with Crippen molar-refractivity contribution in [2.45, 2.75) is 25.1 Å². The van der Waals surface area contributed by atoms with Crippen LogP contribution in [-0.4, -0.2) is 17.9 Å². The molecule has 0 fully saturated rings. The fraction of sp³-hybridized carbons (Fsp3) is 0.200. The topological polar surface area (TPSA) is 72.2 Å². The molecule has 2 aromatic carbocycles. The van der Waals surface area contributed by atoms with E-state index in [1.807, 2.05) is 30.3 Å². The van der Waals surface area contributed by atoms with Gasteiger partial charge in [-0.2, -0.15) is 13.2 Å². The molecule has 0 aliphatic carbocycles. The third-order valence-electron chi connectivity index (χ3n) is 3.81. The van der Waals surface area contributed by atoms with Crippen LogP contribution in [0.2, 0.25) is 0 Å². The van der Waals surface area contributed by atoms with Gasteiger partial charge in [0.1, 0.15) is 6.04 Å². The predicted molar refractivity (Wildman–Crippen MR) is 96.4 cm³/mol. The number of nitrogens with one attached hydrogen (secondary N) is 1. The van der Waals surface area contributed by atoms with Gasteiger partial charge in [-0.05, 0) is 29.7 Å². The first kappa shape index (κ1) is 20.2. The van der Waals surface area contributed by atoms with Crippen LogP contribution in [0, 0.1) is 0 Å². The number of alkyl halides is 3. The van der Waals surface area contributed by atoms with Gasteiger partial charge in [-0.15, -0.1) is 0 Å². The molecular formula is C20H19F3N2O2. The van der Waals surface area contributed by atoms with Gasteiger partial charge in [0.2, 0.25) is 11.8 Å². The Kier molecular flexibility index (Phi) is 6.76. The molecule has 7 heteroatoms. The average molecular weight is 376 g/mol. The van der Waals surface area contributed by atoms with Gasteiger partial charge in [0.15, 0.2) is 0 Å². The van der Waals surface area contributed by atoms with Gasteiger partial charge in [0.05, 0.1) is 12.0 Å². The molecule has 27 heavy (non-hydrogen) atoms. The van der Waals surface area contributed by atoms with Crippen molar-refractivity contribution in [2.75, 3.05) is 0 Å². The highest BCUT2D eigenvalue weighted by Crippen LogP contribution is 2.29. The Hall–Kier alpha value is -3.09. The van der Waals surface area contributed by atoms with Gasteiger partial charge >= 0.3 is 6.18 Å². The highest BCUT2D eigenvalue weighted by atomic mass is 19.4. The first-order valence-corrected chi connectivity index (χ1v) is 8.22. The molecule has 0 spiro atoms. The van der Waals surface area contributed by atoms with Crippen molar-refractivity contribution in [1.82, 2.24) is 5.32 Å². The Morgan fingerprint density at radius 1 is 1.04 bits per heavy atom. The summed E-state index contributed by atoms with van der Waals surface area (Å²) >= 11 is 0. The van der Waals surface area contributed by atoms with E-state index in [2.05, 4.69) is 5.32 Å². The van der Waals surface area contributed by atoms with Crippen molar-refractivity contribution in [3.05, 3.63) is 77.4 Å². The van der Waals surface area contributed by atoms with Gasteiger partial charge in [-0.3, -0.25) is 9.59 Å². The number of benzene rings is 2. The monoisotopic (exact) mass is 376 g/mol. The first-order valence-electron chi connectivity index (χ1n) is 8.22. The van der Waals surface area contributed by atoms with Crippen LogP contribution in [-0.2, 0) is 22.2 Å². The number of amides is 2. The summed E-state index contributed by atoms with van der Waals surface area (Å²) in [7, 11) is 0. The Labute approximate surface area is 154 Å². The molecule has 1 atom stereocenters. The van der Waals surface area contributed by atoms with Crippen molar-refractivity contribution in [3.63, 3.8) is 0 Å². The van der Waals surface area contributed by atoms with E-state index in [1.54, 1.807) is 12.2 Å². The molecule has 2 rings (SSSR count). The Morgan fingerprint density at radius 3 is 2.22 bits per heavy atom. The van der Waals surface area contributed by atoms with Crippen molar-refractivity contribution in [3.8, 4) is 0 Å². The van der Waals surface area contributed by atoms with Gasteiger partial charge < -0.3 is 11.1 Å². The molecule has 142 valence electrons. The number of nitrogens with two attached hydrogens (primary N) is 1. The molecule has 0 unspecified atom stereocenters. The van der Waals surface area contributed by atoms with Crippen LogP contribution in [0.25, 0.3) is 6.08 Å². The van der Waals surface area contributed by atoms with Crippen LogP contribution < -0.4 is 11.1 Å². The van der Waals surface area contributed by atoms with Crippen LogP contribution in [0.1, 0.15) is 23.1 Å². The second-order valence-corrected chi connectivity index (χ2v) is 5.94. The molecular weight excluding hydrogens is 357 g/mol. The maximum atomic E-state index is 12.5. The first-order chi connectivity index (χ1) is 12.8. The Morgan fingerprint density at radius 2 is 1.67 bits per heavy atom. The lowest BCUT2D eigenvalue weighted by molar-refractivity contribution is -0.137. The Balaban J connectivity index is 1.92. The highest BCUT2D eigenvalue weighted by Gasteiger charge is 2.30. The zero-order valence-corrected chi connectivity index (χ0v) is 14.4. The van der Waals surface area contributed by atoms with E-state index in [-0.39, 0.29) is 12.8 Å². The lowest BCUT2D eigenvalue weighted by Crippen LogP contribution is -2.44. The molecule has 0 saturated heterocycles. The number of rotatable bonds is 7. The summed E-state index contributed by atoms with van der Waals surface area (Å²) in [5.41, 5.74) is 5.88. The van der Waals surface area contributed by atoms with Crippen LogP contribution in [0.5, 0.6) is 0 Å². The van der Waals surface area contributed by atoms with Crippen molar-refractivity contribution in [1.29, 1.82) is 0 Å². The van der Waals surface area contributed by atoms with E-state index in [0.717, 1.165) is 17.7 Å². The minimum Gasteiger partial charge on any atom is -0.368 e. The molecule has 2 amide bonds. The third-order valence-corrected chi connectivity index (χ3v) is 3.81. The normalized spacial score (nSPS) is 12.7. The number of carbonyl (C=O) groups excluding carboxylic acids is 2. The summed E-state index contributed by atoms with van der Waals surface area (Å²) in [5, 5.41) is 2.51. The number of carbonyl (C=O) groups is 2. The fourth-order valence-electron chi connectivity index (χ4n) is 2.39. The molecule has 0 aromatic heterocycles. The summed E-state index contributed by atoms with van der Waals surface area (Å²) in [6.45, 7) is 0. The van der Waals surface area contributed by atoms with Crippen LogP contribution in [0.4, 0.5) is 13.2 Å². The molecule has 3 N–H and O–H groups in total. The number of hydrogen-bond acceptors (Lipinski definition) is 2. The van der Waals surface area contributed by atoms with E-state index in [0.29, 0.717) is 5.56 Å². The zero-order valence-electron chi connectivity index (χ0n) is 14.4. The van der Waals surface area contributed by atoms with Crippen molar-refractivity contribution in [2.24, 2.45) is 5.73 Å². The van der Waals surface area contributed by atoms with E-state index in [4.69, 9.17) is 5.73 Å². The minimum absolute atomic E-state index is 0.148. The number of halogens is 3. The van der Waals surface area contributed by atoms with Crippen LogP contribution >= 0.6 is 0 Å². The lowest BCUT2D eigenvalue weighted by atomic mass is 10.1. The van der Waals surface area contributed by atoms with Gasteiger partial charge in [0, 0.05) is 0 Å². The quantitative estimate of drug-likeness (QED) is 0.778. The van der Waals surface area contributed by atoms with Gasteiger partial charge in [-0.25, -0.2) is 0 Å². The summed E-state index contributed by atoms with van der Waals surface area (Å²) in [4.78, 5) is 23.6. The molecule has 0 saturated carbocycles. The summed E-state index contributed by atoms with van der Waals surface area (Å²) < 4.78 is 37.6. The van der Waals surface area contributed by atoms with E-state index in [9.17, 15) is 22.8 Å². The van der Waals surface area contributed by atoms with Crippen molar-refractivity contribution >= 4 is 17.9 Å². The van der Waals surface area contributed by atoms with E-state index >= 15 is 0 Å². The average Bonchev–Trinajstić information content (AvgIpc) is 2.61. The number of primary amides is 1. The van der Waals surface area contributed by atoms with E-state index in [1.165, 1.54) is 12.1 Å². The fourth-order valence-corrected chi connectivity index (χ4v) is 2.39. The Bertz CT molecular complexity index is 800. The SMILES string of the molecule is NC(=O)[C@@H](C/C=C/c1ccccc1)NC(=O)Cc1ccc(C(F)(F)F)cc1. The van der Waals surface area contributed by atoms with Crippen LogP contribution in [0.3, 0.4) is 0 Å². The summed E-state index contributed by atoms with van der Waals surface area (Å²) in [5.74, 6) is -1.18. The number of hydrogen-bond donors (Lipinski definition) is 2. The second-order valence-electron chi connectivity index (χ2n) is 5.94. The molecule has 0 heterocycles. The third kappa shape index (κ3) is 6.62. The lowest BCUT2D eigenvalue weighted by Gasteiger charge is -2.14. The molecule has 0 aliphatic rings. The highest BCUT2D eigenvalue weighted by molar-refractivity contribution is 5.87. The molecule has 4 nitrogen and oxygen atoms in total. The van der Waals surface area contributed by atoms with Crippen LogP contribution in [0.15, 0.2) is 60.7 Å². The largest absolute Gasteiger partial charge is 0.416 e. The van der Waals surface area contributed by atoms with Gasteiger partial charge in [-0.1, -0.05) is 54.6 Å². The minimum atomic E-state index is -4.43. The molecule has 2 aromatic rings. The van der Waals surface area contributed by atoms with Gasteiger partial charge in [0.25, 0.3) is 0 Å². The zero-order chi connectivity index (χ0) is 19.9. The summed E-state index contributed by atoms with van der Waals surface area (Å²) in [6, 6.07) is 12.8. The predicted octanol–water partition coefficient (Wildman–Crippen LogP) is 3.32. The maximum Gasteiger partial charge on any atom is 0.416 e. The molecule has 0 aliphatic heterocycles. The molecule has 0 bridgehead atoms. The molecule has 0 radical (unpaired) electrons. The second kappa shape index (κ2) is 9.02. The maximum absolute atomic E-state index is 12.5. The standard InChI is InChI=1S/C20H19F3N2O2/c21-20(22,23)16-11-9-15(10-12-16)13-18(26)25-17(19(24)27)8-4-7-14-5-2-1-3-6-14/h1-7,9-12,17H,8,13H2,(H2,24,27)(H,25,26)/b7-4+/t17-/m1/s1. The van der Waals surface area contributed by atoms with E-state index < -0.39 is 29.6 Å². The van der Waals surface area contributed by atoms with Crippen molar-refractivity contribution < 1.29 is 22.8 Å².